The van der Waals surface area contributed by atoms with Crippen molar-refractivity contribution < 1.29 is 34.2 Å². The number of nitrogens with one attached hydrogen (secondary N) is 3. The van der Waals surface area contributed by atoms with E-state index in [0.29, 0.717) is 24.9 Å². The Morgan fingerprint density at radius 3 is 2.06 bits per heavy atom. The Kier molecular flexibility index (Phi) is 12.2. The zero-order valence-corrected chi connectivity index (χ0v) is 19.0. The van der Waals surface area contributed by atoms with Crippen molar-refractivity contribution in [2.75, 3.05) is 6.54 Å². The fourth-order valence-electron chi connectivity index (χ4n) is 3.05. The van der Waals surface area contributed by atoms with Gasteiger partial charge < -0.3 is 37.6 Å². The highest BCUT2D eigenvalue weighted by Gasteiger charge is 2.28. The number of hydrogen-bond acceptors (Lipinski definition) is 7. The molecule has 4 atom stereocenters. The maximum absolute atomic E-state index is 12.7. The summed E-state index contributed by atoms with van der Waals surface area (Å²) in [5.41, 5.74) is 11.7. The van der Waals surface area contributed by atoms with E-state index < -0.39 is 60.2 Å². The number of carbonyl (C=O) groups is 5. The van der Waals surface area contributed by atoms with Gasteiger partial charge in [-0.2, -0.15) is 0 Å². The molecule has 1 aromatic rings. The van der Waals surface area contributed by atoms with Gasteiger partial charge in [-0.25, -0.2) is 4.79 Å². The fraction of sp³-hybridized carbons (Fsp3) is 0.500. The molecule has 1 rings (SSSR count). The molecule has 0 aliphatic carbocycles. The Morgan fingerprint density at radius 1 is 0.882 bits per heavy atom. The number of aliphatic carboxylic acids is 2. The molecule has 12 nitrogen and oxygen atoms in total. The van der Waals surface area contributed by atoms with Crippen LogP contribution in [0.4, 0.5) is 0 Å². The first-order valence-electron chi connectivity index (χ1n) is 10.9. The van der Waals surface area contributed by atoms with E-state index in [4.69, 9.17) is 16.6 Å². The largest absolute Gasteiger partial charge is 0.481 e. The first kappa shape index (κ1) is 28.5. The molecule has 0 fully saturated rings. The summed E-state index contributed by atoms with van der Waals surface area (Å²) in [6.45, 7) is 1.75. The Balaban J connectivity index is 2.78. The van der Waals surface area contributed by atoms with E-state index in [1.165, 1.54) is 6.92 Å². The topological polar surface area (TPSA) is 214 Å². The molecule has 4 unspecified atom stereocenters. The summed E-state index contributed by atoms with van der Waals surface area (Å²) in [4.78, 5) is 59.8. The molecule has 12 heteroatoms. The van der Waals surface area contributed by atoms with Gasteiger partial charge in [-0.3, -0.25) is 19.2 Å². The Labute approximate surface area is 197 Å². The van der Waals surface area contributed by atoms with E-state index in [2.05, 4.69) is 16.0 Å². The summed E-state index contributed by atoms with van der Waals surface area (Å²) in [6, 6.07) is 4.02. The number of benzene rings is 1. The third-order valence-electron chi connectivity index (χ3n) is 4.96. The molecule has 188 valence electrons. The summed E-state index contributed by atoms with van der Waals surface area (Å²) in [5.74, 6) is -4.71. The predicted molar refractivity (Wildman–Crippen MR) is 122 cm³/mol. The molecule has 0 saturated carbocycles. The zero-order valence-electron chi connectivity index (χ0n) is 19.0. The summed E-state index contributed by atoms with van der Waals surface area (Å²) >= 11 is 0. The first-order chi connectivity index (χ1) is 16.0. The van der Waals surface area contributed by atoms with Crippen LogP contribution in [0.2, 0.25) is 0 Å². The molecule has 34 heavy (non-hydrogen) atoms. The zero-order chi connectivity index (χ0) is 25.7. The van der Waals surface area contributed by atoms with E-state index in [0.717, 1.165) is 0 Å². The standard InChI is InChI=1S/C22H33N5O7/c1-13(19(30)27-17(22(33)34)11-14-7-3-2-4-8-14)25-21(32)16(9-5-6-10-23)26-20(31)15(24)12-18(28)29/h2-4,7-8,13,15-17H,5-6,9-12,23-24H2,1H3,(H,25,32)(H,26,31)(H,27,30)(H,28,29)(H,33,34). The second-order valence-corrected chi connectivity index (χ2v) is 7.87. The van der Waals surface area contributed by atoms with Crippen molar-refractivity contribution in [3.63, 3.8) is 0 Å². The van der Waals surface area contributed by atoms with Gasteiger partial charge in [0.15, 0.2) is 0 Å². The van der Waals surface area contributed by atoms with E-state index in [9.17, 15) is 29.1 Å². The molecule has 9 N–H and O–H groups in total. The van der Waals surface area contributed by atoms with Gasteiger partial charge in [0, 0.05) is 6.42 Å². The highest BCUT2D eigenvalue weighted by atomic mass is 16.4. The van der Waals surface area contributed by atoms with Crippen molar-refractivity contribution in [3.05, 3.63) is 35.9 Å². The Hall–Kier alpha value is -3.51. The lowest BCUT2D eigenvalue weighted by atomic mass is 10.1. The number of carboxylic acid groups (broad SMARTS) is 2. The molecule has 1 aromatic carbocycles. The number of unbranched alkanes of at least 4 members (excludes halogenated alkanes) is 1. The van der Waals surface area contributed by atoms with Crippen LogP contribution in [-0.4, -0.2) is 70.6 Å². The molecular weight excluding hydrogens is 446 g/mol. The first-order valence-corrected chi connectivity index (χ1v) is 10.9. The third kappa shape index (κ3) is 10.4. The van der Waals surface area contributed by atoms with Crippen molar-refractivity contribution in [2.24, 2.45) is 11.5 Å². The molecule has 0 aliphatic rings. The van der Waals surface area contributed by atoms with Gasteiger partial charge in [0.25, 0.3) is 0 Å². The number of rotatable bonds is 15. The second kappa shape index (κ2) is 14.6. The number of amides is 3. The molecule has 0 saturated heterocycles. The van der Waals surface area contributed by atoms with Gasteiger partial charge in [-0.1, -0.05) is 30.3 Å². The lowest BCUT2D eigenvalue weighted by Gasteiger charge is -2.23. The van der Waals surface area contributed by atoms with E-state index >= 15 is 0 Å². The number of carbonyl (C=O) groups excluding carboxylic acids is 3. The molecule has 3 amide bonds. The number of nitrogens with two attached hydrogens (primary N) is 2. The van der Waals surface area contributed by atoms with Gasteiger partial charge in [0.2, 0.25) is 17.7 Å². The van der Waals surface area contributed by atoms with E-state index in [1.807, 2.05) is 0 Å². The van der Waals surface area contributed by atoms with Crippen molar-refractivity contribution in [1.29, 1.82) is 0 Å². The maximum atomic E-state index is 12.7. The summed E-state index contributed by atoms with van der Waals surface area (Å²) in [7, 11) is 0. The SMILES string of the molecule is CC(NC(=O)C(CCCCN)NC(=O)C(N)CC(=O)O)C(=O)NC(Cc1ccccc1)C(=O)O. The van der Waals surface area contributed by atoms with Crippen LogP contribution in [0.1, 0.15) is 38.2 Å². The van der Waals surface area contributed by atoms with Gasteiger partial charge >= 0.3 is 11.9 Å². The monoisotopic (exact) mass is 479 g/mol. The van der Waals surface area contributed by atoms with Gasteiger partial charge in [0.1, 0.15) is 18.1 Å². The lowest BCUT2D eigenvalue weighted by molar-refractivity contribution is -0.142. The van der Waals surface area contributed by atoms with Crippen LogP contribution in [0, 0.1) is 0 Å². The van der Waals surface area contributed by atoms with Crippen LogP contribution in [0.5, 0.6) is 0 Å². The van der Waals surface area contributed by atoms with Gasteiger partial charge in [-0.05, 0) is 38.3 Å². The van der Waals surface area contributed by atoms with Crippen LogP contribution in [0.25, 0.3) is 0 Å². The Bertz CT molecular complexity index is 849. The summed E-state index contributed by atoms with van der Waals surface area (Å²) in [6.07, 6.45) is 0.703. The number of carboxylic acids is 2. The highest BCUT2D eigenvalue weighted by Crippen LogP contribution is 2.05. The minimum absolute atomic E-state index is 0.0574. The molecule has 0 aliphatic heterocycles. The average Bonchev–Trinajstić information content (AvgIpc) is 2.77. The van der Waals surface area contributed by atoms with Crippen molar-refractivity contribution in [1.82, 2.24) is 16.0 Å². The number of hydrogen-bond donors (Lipinski definition) is 7. The van der Waals surface area contributed by atoms with Crippen LogP contribution < -0.4 is 27.4 Å². The van der Waals surface area contributed by atoms with Crippen molar-refractivity contribution >= 4 is 29.7 Å². The quantitative estimate of drug-likeness (QED) is 0.149. The maximum Gasteiger partial charge on any atom is 0.326 e. The normalized spacial score (nSPS) is 14.2. The van der Waals surface area contributed by atoms with Crippen molar-refractivity contribution in [2.45, 2.75) is 63.2 Å². The second-order valence-electron chi connectivity index (χ2n) is 7.87. The van der Waals surface area contributed by atoms with Crippen LogP contribution >= 0.6 is 0 Å². The van der Waals surface area contributed by atoms with E-state index in [1.54, 1.807) is 30.3 Å². The van der Waals surface area contributed by atoms with Gasteiger partial charge in [-0.15, -0.1) is 0 Å². The average molecular weight is 480 g/mol. The van der Waals surface area contributed by atoms with E-state index in [-0.39, 0.29) is 12.8 Å². The van der Waals surface area contributed by atoms with Crippen LogP contribution in [0.15, 0.2) is 30.3 Å². The molecule has 0 radical (unpaired) electrons. The molecule has 0 heterocycles. The highest BCUT2D eigenvalue weighted by molar-refractivity contribution is 5.94. The summed E-state index contributed by atoms with van der Waals surface area (Å²) in [5, 5.41) is 25.5. The molecular formula is C22H33N5O7. The Morgan fingerprint density at radius 2 is 1.50 bits per heavy atom. The fourth-order valence-corrected chi connectivity index (χ4v) is 3.05. The third-order valence-corrected chi connectivity index (χ3v) is 4.96. The molecule has 0 spiro atoms. The van der Waals surface area contributed by atoms with Crippen molar-refractivity contribution in [3.8, 4) is 0 Å². The minimum Gasteiger partial charge on any atom is -0.481 e. The molecule has 0 bridgehead atoms. The minimum atomic E-state index is -1.35. The summed E-state index contributed by atoms with van der Waals surface area (Å²) < 4.78 is 0. The van der Waals surface area contributed by atoms with Crippen LogP contribution in [0.3, 0.4) is 0 Å². The molecule has 0 aromatic heterocycles. The smallest absolute Gasteiger partial charge is 0.326 e. The van der Waals surface area contributed by atoms with Gasteiger partial charge in [0.05, 0.1) is 12.5 Å². The predicted octanol–water partition coefficient (Wildman–Crippen LogP) is -1.28. The lowest BCUT2D eigenvalue weighted by Crippen LogP contribution is -2.56. The van der Waals surface area contributed by atoms with Crippen LogP contribution in [-0.2, 0) is 30.4 Å².